The molecule has 1 aliphatic carbocycles. The number of nitrogens with zero attached hydrogens (tertiary/aromatic N) is 1. The molecule has 1 aliphatic rings. The van der Waals surface area contributed by atoms with Gasteiger partial charge in [0.2, 0.25) is 5.91 Å². The second-order valence-corrected chi connectivity index (χ2v) is 6.85. The molecule has 106 valence electrons. The molecule has 1 heterocycles. The van der Waals surface area contributed by atoms with Crippen LogP contribution in [0.4, 0.5) is 0 Å². The molecule has 0 aliphatic heterocycles. The van der Waals surface area contributed by atoms with Crippen LogP contribution in [0, 0.1) is 5.92 Å². The molecule has 0 saturated heterocycles. The minimum Gasteiger partial charge on any atom is -0.352 e. The fourth-order valence-corrected chi connectivity index (χ4v) is 2.74. The molecule has 0 radical (unpaired) electrons. The summed E-state index contributed by atoms with van der Waals surface area (Å²) < 4.78 is 0. The van der Waals surface area contributed by atoms with Crippen molar-refractivity contribution in [1.82, 2.24) is 10.2 Å². The number of nitrogens with one attached hydrogen (secondary N) is 1. The number of hydrogen-bond donors (Lipinski definition) is 1. The smallest absolute Gasteiger partial charge is 0.234 e. The highest BCUT2D eigenvalue weighted by molar-refractivity contribution is 7.09. The number of rotatable bonds is 7. The first-order valence-corrected chi connectivity index (χ1v) is 8.00. The molecule has 1 aromatic rings. The van der Waals surface area contributed by atoms with E-state index in [0.717, 1.165) is 6.54 Å². The van der Waals surface area contributed by atoms with E-state index in [-0.39, 0.29) is 11.9 Å². The quantitative estimate of drug-likeness (QED) is 0.833. The summed E-state index contributed by atoms with van der Waals surface area (Å²) in [6.07, 6.45) is 2.47. The SMILES string of the molecule is CC(C)C(C)NC(=O)CN(Cc1cccs1)C1CC1. The molecule has 19 heavy (non-hydrogen) atoms. The molecule has 0 spiro atoms. The lowest BCUT2D eigenvalue weighted by atomic mass is 10.1. The fourth-order valence-electron chi connectivity index (χ4n) is 2.01. The predicted molar refractivity (Wildman–Crippen MR) is 80.2 cm³/mol. The number of thiophene rings is 1. The van der Waals surface area contributed by atoms with Crippen molar-refractivity contribution in [1.29, 1.82) is 0 Å². The largest absolute Gasteiger partial charge is 0.352 e. The maximum atomic E-state index is 12.1. The van der Waals surface area contributed by atoms with Crippen LogP contribution in [0.3, 0.4) is 0 Å². The van der Waals surface area contributed by atoms with E-state index in [1.807, 2.05) is 0 Å². The van der Waals surface area contributed by atoms with Crippen molar-refractivity contribution in [3.05, 3.63) is 22.4 Å². The Morgan fingerprint density at radius 3 is 2.74 bits per heavy atom. The van der Waals surface area contributed by atoms with E-state index in [1.54, 1.807) is 11.3 Å². The van der Waals surface area contributed by atoms with Crippen molar-refractivity contribution in [3.63, 3.8) is 0 Å². The zero-order chi connectivity index (χ0) is 13.8. The van der Waals surface area contributed by atoms with Crippen LogP contribution < -0.4 is 5.32 Å². The van der Waals surface area contributed by atoms with Crippen LogP contribution in [-0.4, -0.2) is 29.4 Å². The van der Waals surface area contributed by atoms with Crippen molar-refractivity contribution in [2.24, 2.45) is 5.92 Å². The summed E-state index contributed by atoms with van der Waals surface area (Å²) in [4.78, 5) is 15.7. The molecular weight excluding hydrogens is 256 g/mol. The van der Waals surface area contributed by atoms with Crippen LogP contribution in [0.15, 0.2) is 17.5 Å². The molecule has 1 saturated carbocycles. The highest BCUT2D eigenvalue weighted by Crippen LogP contribution is 2.28. The Labute approximate surface area is 120 Å². The Bertz CT molecular complexity index is 398. The van der Waals surface area contributed by atoms with E-state index in [9.17, 15) is 4.79 Å². The monoisotopic (exact) mass is 280 g/mol. The van der Waals surface area contributed by atoms with Gasteiger partial charge in [0.15, 0.2) is 0 Å². The summed E-state index contributed by atoms with van der Waals surface area (Å²) in [6, 6.07) is 5.08. The van der Waals surface area contributed by atoms with Crippen LogP contribution >= 0.6 is 11.3 Å². The normalized spacial score (nSPS) is 16.9. The van der Waals surface area contributed by atoms with Crippen molar-refractivity contribution in [2.75, 3.05) is 6.54 Å². The van der Waals surface area contributed by atoms with Gasteiger partial charge in [-0.2, -0.15) is 0 Å². The molecule has 0 aromatic carbocycles. The molecule has 4 heteroatoms. The third-order valence-corrected chi connectivity index (χ3v) is 4.60. The van der Waals surface area contributed by atoms with Gasteiger partial charge in [0.05, 0.1) is 6.54 Å². The van der Waals surface area contributed by atoms with Crippen molar-refractivity contribution >= 4 is 17.2 Å². The first-order chi connectivity index (χ1) is 9.06. The summed E-state index contributed by atoms with van der Waals surface area (Å²) in [5.74, 6) is 0.639. The maximum Gasteiger partial charge on any atom is 0.234 e. The number of amides is 1. The lowest BCUT2D eigenvalue weighted by Gasteiger charge is -2.23. The van der Waals surface area contributed by atoms with Gasteiger partial charge in [0.1, 0.15) is 0 Å². The molecule has 1 amide bonds. The van der Waals surface area contributed by atoms with E-state index in [1.165, 1.54) is 17.7 Å². The number of hydrogen-bond acceptors (Lipinski definition) is 3. The number of carbonyl (C=O) groups excluding carboxylic acids is 1. The van der Waals surface area contributed by atoms with Gasteiger partial charge in [-0.3, -0.25) is 9.69 Å². The third kappa shape index (κ3) is 4.62. The minimum atomic E-state index is 0.157. The predicted octanol–water partition coefficient (Wildman–Crippen LogP) is 2.87. The molecule has 1 N–H and O–H groups in total. The summed E-state index contributed by atoms with van der Waals surface area (Å²) in [6.45, 7) is 7.78. The molecule has 2 rings (SSSR count). The summed E-state index contributed by atoms with van der Waals surface area (Å²) in [7, 11) is 0. The van der Waals surface area contributed by atoms with E-state index in [0.29, 0.717) is 18.5 Å². The molecule has 3 nitrogen and oxygen atoms in total. The topological polar surface area (TPSA) is 32.3 Å². The molecular formula is C15H24N2OS. The second kappa shape index (κ2) is 6.53. The van der Waals surface area contributed by atoms with Gasteiger partial charge < -0.3 is 5.32 Å². The van der Waals surface area contributed by atoms with Crippen molar-refractivity contribution < 1.29 is 4.79 Å². The zero-order valence-corrected chi connectivity index (χ0v) is 12.9. The van der Waals surface area contributed by atoms with Crippen molar-refractivity contribution in [3.8, 4) is 0 Å². The average Bonchev–Trinajstić information content (AvgIpc) is 3.07. The molecule has 1 aromatic heterocycles. The first-order valence-electron chi connectivity index (χ1n) is 7.12. The van der Waals surface area contributed by atoms with Gasteiger partial charge in [0.25, 0.3) is 0 Å². The van der Waals surface area contributed by atoms with Crippen molar-refractivity contribution in [2.45, 2.75) is 52.2 Å². The Morgan fingerprint density at radius 1 is 1.47 bits per heavy atom. The lowest BCUT2D eigenvalue weighted by Crippen LogP contribution is -2.43. The van der Waals surface area contributed by atoms with E-state index in [2.05, 4.69) is 48.5 Å². The van der Waals surface area contributed by atoms with Crippen LogP contribution in [-0.2, 0) is 11.3 Å². The molecule has 1 unspecified atom stereocenters. The van der Waals surface area contributed by atoms with Crippen LogP contribution in [0.1, 0.15) is 38.5 Å². The van der Waals surface area contributed by atoms with Crippen LogP contribution in [0.2, 0.25) is 0 Å². The molecule has 1 atom stereocenters. The third-order valence-electron chi connectivity index (χ3n) is 3.74. The van der Waals surface area contributed by atoms with Gasteiger partial charge in [-0.25, -0.2) is 0 Å². The maximum absolute atomic E-state index is 12.1. The Hall–Kier alpha value is -0.870. The molecule has 1 fully saturated rings. The summed E-state index contributed by atoms with van der Waals surface area (Å²) in [5.41, 5.74) is 0. The highest BCUT2D eigenvalue weighted by atomic mass is 32.1. The molecule has 0 bridgehead atoms. The van der Waals surface area contributed by atoms with Crippen LogP contribution in [0.25, 0.3) is 0 Å². The fraction of sp³-hybridized carbons (Fsp3) is 0.667. The Kier molecular flexibility index (Phi) is 4.99. The van der Waals surface area contributed by atoms with Gasteiger partial charge in [0, 0.05) is 23.5 Å². The van der Waals surface area contributed by atoms with Crippen LogP contribution in [0.5, 0.6) is 0 Å². The summed E-state index contributed by atoms with van der Waals surface area (Å²) in [5, 5.41) is 5.19. The van der Waals surface area contributed by atoms with Gasteiger partial charge in [-0.05, 0) is 37.1 Å². The van der Waals surface area contributed by atoms with Gasteiger partial charge in [-0.15, -0.1) is 11.3 Å². The average molecular weight is 280 g/mol. The van der Waals surface area contributed by atoms with E-state index in [4.69, 9.17) is 0 Å². The lowest BCUT2D eigenvalue weighted by molar-refractivity contribution is -0.123. The minimum absolute atomic E-state index is 0.157. The van der Waals surface area contributed by atoms with E-state index < -0.39 is 0 Å². The highest BCUT2D eigenvalue weighted by Gasteiger charge is 2.30. The van der Waals surface area contributed by atoms with E-state index >= 15 is 0 Å². The second-order valence-electron chi connectivity index (χ2n) is 5.82. The number of carbonyl (C=O) groups is 1. The van der Waals surface area contributed by atoms with Gasteiger partial charge in [-0.1, -0.05) is 19.9 Å². The Morgan fingerprint density at radius 2 is 2.21 bits per heavy atom. The standard InChI is InChI=1S/C15H24N2OS/c1-11(2)12(3)16-15(18)10-17(13-6-7-13)9-14-5-4-8-19-14/h4-5,8,11-13H,6-7,9-10H2,1-3H3,(H,16,18). The summed E-state index contributed by atoms with van der Waals surface area (Å²) >= 11 is 1.77. The van der Waals surface area contributed by atoms with Gasteiger partial charge >= 0.3 is 0 Å². The Balaban J connectivity index is 1.84. The first kappa shape index (κ1) is 14.5. The zero-order valence-electron chi connectivity index (χ0n) is 12.1.